The van der Waals surface area contributed by atoms with Gasteiger partial charge in [-0.3, -0.25) is 0 Å². The Morgan fingerprint density at radius 2 is 1.77 bits per heavy atom. The summed E-state index contributed by atoms with van der Waals surface area (Å²) in [5.41, 5.74) is 1.91. The van der Waals surface area contributed by atoms with Gasteiger partial charge in [-0.25, -0.2) is 0 Å². The van der Waals surface area contributed by atoms with E-state index in [9.17, 15) is 8.78 Å². The van der Waals surface area contributed by atoms with E-state index in [1.165, 1.54) is 0 Å². The van der Waals surface area contributed by atoms with Gasteiger partial charge in [0, 0.05) is 6.42 Å². The van der Waals surface area contributed by atoms with E-state index in [4.69, 9.17) is 4.74 Å². The molecule has 0 aliphatic heterocycles. The van der Waals surface area contributed by atoms with Gasteiger partial charge in [0.05, 0.1) is 6.61 Å². The van der Waals surface area contributed by atoms with Gasteiger partial charge in [0.2, 0.25) is 0 Å². The summed E-state index contributed by atoms with van der Waals surface area (Å²) in [7, 11) is 0. The largest absolute Gasteiger partial charge is 0.356 e. The van der Waals surface area contributed by atoms with E-state index < -0.39 is 6.11 Å². The zero-order valence-electron chi connectivity index (χ0n) is 13.5. The highest BCUT2D eigenvalue weighted by atomic mass is 19.3. The monoisotopic (exact) mass is 308 g/mol. The van der Waals surface area contributed by atoms with E-state index >= 15 is 0 Å². The van der Waals surface area contributed by atoms with Crippen LogP contribution in [0.1, 0.15) is 50.2 Å². The molecule has 2 rings (SSSR count). The molecule has 0 aromatic heterocycles. The van der Waals surface area contributed by atoms with Crippen LogP contribution in [0.4, 0.5) is 8.78 Å². The molecule has 0 amide bonds. The standard InChI is InChI=1S/C19H26F2O/c1-3-4-16-9-11-17(12-10-16)13-19(20,21)22-14-18-7-5-15(2)6-8-18/h3-8,16-17H,9-14H2,1-2H3/t16-,17-. The Hall–Kier alpha value is -1.22. The molecule has 1 aliphatic carbocycles. The summed E-state index contributed by atoms with van der Waals surface area (Å²) in [6, 6.07) is 7.51. The van der Waals surface area contributed by atoms with Crippen molar-refractivity contribution in [1.29, 1.82) is 0 Å². The van der Waals surface area contributed by atoms with Crippen LogP contribution in [0.5, 0.6) is 0 Å². The fourth-order valence-corrected chi connectivity index (χ4v) is 3.13. The highest BCUT2D eigenvalue weighted by Crippen LogP contribution is 2.37. The van der Waals surface area contributed by atoms with Gasteiger partial charge in [-0.05, 0) is 56.9 Å². The average Bonchev–Trinajstić information content (AvgIpc) is 2.49. The van der Waals surface area contributed by atoms with Crippen LogP contribution in [0.15, 0.2) is 36.4 Å². The molecular weight excluding hydrogens is 282 g/mol. The van der Waals surface area contributed by atoms with E-state index in [1.807, 2.05) is 38.1 Å². The van der Waals surface area contributed by atoms with Gasteiger partial charge in [0.25, 0.3) is 0 Å². The van der Waals surface area contributed by atoms with Crippen molar-refractivity contribution in [2.24, 2.45) is 11.8 Å². The van der Waals surface area contributed by atoms with Crippen LogP contribution in [-0.4, -0.2) is 6.11 Å². The Bertz CT molecular complexity index is 471. The van der Waals surface area contributed by atoms with Gasteiger partial charge in [-0.15, -0.1) is 0 Å². The van der Waals surface area contributed by atoms with Gasteiger partial charge in [0.15, 0.2) is 0 Å². The number of aryl methyl sites for hydroxylation is 1. The molecule has 1 aliphatic rings. The summed E-state index contributed by atoms with van der Waals surface area (Å²) in [5, 5.41) is 0. The predicted octanol–water partition coefficient (Wildman–Crippen LogP) is 5.88. The van der Waals surface area contributed by atoms with Crippen LogP contribution in [0.3, 0.4) is 0 Å². The first kappa shape index (κ1) is 17.1. The second kappa shape index (κ2) is 7.87. The van der Waals surface area contributed by atoms with Crippen LogP contribution in [0, 0.1) is 18.8 Å². The lowest BCUT2D eigenvalue weighted by Gasteiger charge is -2.29. The maximum atomic E-state index is 14.0. The first-order chi connectivity index (χ1) is 10.5. The van der Waals surface area contributed by atoms with E-state index in [-0.39, 0.29) is 18.9 Å². The molecule has 1 nitrogen and oxygen atoms in total. The summed E-state index contributed by atoms with van der Waals surface area (Å²) >= 11 is 0. The quantitative estimate of drug-likeness (QED) is 0.596. The summed E-state index contributed by atoms with van der Waals surface area (Å²) in [6.07, 6.45) is 4.86. The summed E-state index contributed by atoms with van der Waals surface area (Å²) in [6.45, 7) is 3.96. The van der Waals surface area contributed by atoms with Crippen molar-refractivity contribution < 1.29 is 13.5 Å². The molecule has 0 atom stereocenters. The van der Waals surface area contributed by atoms with E-state index in [0.717, 1.165) is 36.8 Å². The normalized spacial score (nSPS) is 23.1. The molecule has 3 heteroatoms. The molecule has 0 saturated heterocycles. The Morgan fingerprint density at radius 1 is 1.14 bits per heavy atom. The lowest BCUT2D eigenvalue weighted by molar-refractivity contribution is -0.256. The first-order valence-corrected chi connectivity index (χ1v) is 8.18. The van der Waals surface area contributed by atoms with Crippen molar-refractivity contribution in [1.82, 2.24) is 0 Å². The van der Waals surface area contributed by atoms with Crippen LogP contribution in [0.2, 0.25) is 0 Å². The Labute approximate surface area is 132 Å². The third-order valence-electron chi connectivity index (χ3n) is 4.45. The molecule has 0 N–H and O–H groups in total. The minimum absolute atomic E-state index is 0.0266. The Balaban J connectivity index is 1.77. The third-order valence-corrected chi connectivity index (χ3v) is 4.45. The van der Waals surface area contributed by atoms with E-state index in [2.05, 4.69) is 12.2 Å². The average molecular weight is 308 g/mol. The van der Waals surface area contributed by atoms with Crippen molar-refractivity contribution in [2.45, 2.75) is 58.7 Å². The Morgan fingerprint density at radius 3 is 2.36 bits per heavy atom. The number of halogens is 2. The van der Waals surface area contributed by atoms with E-state index in [0.29, 0.717) is 5.92 Å². The third kappa shape index (κ3) is 5.53. The molecule has 0 spiro atoms. The lowest BCUT2D eigenvalue weighted by Crippen LogP contribution is -2.26. The minimum atomic E-state index is -3.02. The molecule has 22 heavy (non-hydrogen) atoms. The van der Waals surface area contributed by atoms with Crippen LogP contribution in [-0.2, 0) is 11.3 Å². The van der Waals surface area contributed by atoms with Gasteiger partial charge < -0.3 is 4.74 Å². The molecule has 1 aromatic rings. The van der Waals surface area contributed by atoms with Crippen LogP contribution < -0.4 is 0 Å². The molecule has 0 heterocycles. The van der Waals surface area contributed by atoms with Crippen molar-refractivity contribution in [2.75, 3.05) is 0 Å². The Kier molecular flexibility index (Phi) is 6.13. The minimum Gasteiger partial charge on any atom is -0.316 e. The van der Waals surface area contributed by atoms with Gasteiger partial charge in [-0.2, -0.15) is 8.78 Å². The van der Waals surface area contributed by atoms with Gasteiger partial charge >= 0.3 is 6.11 Å². The topological polar surface area (TPSA) is 9.23 Å². The molecule has 0 radical (unpaired) electrons. The highest BCUT2D eigenvalue weighted by molar-refractivity contribution is 5.20. The number of hydrogen-bond acceptors (Lipinski definition) is 1. The highest BCUT2D eigenvalue weighted by Gasteiger charge is 2.35. The van der Waals surface area contributed by atoms with Crippen LogP contribution >= 0.6 is 0 Å². The number of ether oxygens (including phenoxy) is 1. The number of alkyl halides is 2. The SMILES string of the molecule is CC=C[C@H]1CC[C@H](CC(F)(F)OCc2ccc(C)cc2)CC1. The van der Waals surface area contributed by atoms with Crippen molar-refractivity contribution >= 4 is 0 Å². The zero-order valence-corrected chi connectivity index (χ0v) is 13.5. The van der Waals surface area contributed by atoms with Gasteiger partial charge in [-0.1, -0.05) is 42.0 Å². The molecular formula is C19H26F2O. The number of benzene rings is 1. The molecule has 1 fully saturated rings. The number of rotatable bonds is 6. The fraction of sp³-hybridized carbons (Fsp3) is 0.579. The van der Waals surface area contributed by atoms with Crippen LogP contribution in [0.25, 0.3) is 0 Å². The van der Waals surface area contributed by atoms with E-state index in [1.54, 1.807) is 0 Å². The molecule has 122 valence electrons. The number of hydrogen-bond donors (Lipinski definition) is 0. The summed E-state index contributed by atoms with van der Waals surface area (Å²) in [4.78, 5) is 0. The second-order valence-corrected chi connectivity index (χ2v) is 6.42. The first-order valence-electron chi connectivity index (χ1n) is 8.18. The van der Waals surface area contributed by atoms with Crippen molar-refractivity contribution in [3.8, 4) is 0 Å². The predicted molar refractivity (Wildman–Crippen MR) is 85.8 cm³/mol. The lowest BCUT2D eigenvalue weighted by atomic mass is 9.80. The van der Waals surface area contributed by atoms with Crippen molar-refractivity contribution in [3.63, 3.8) is 0 Å². The fourth-order valence-electron chi connectivity index (χ4n) is 3.13. The number of allylic oxidation sites excluding steroid dienone is 2. The molecule has 0 unspecified atom stereocenters. The maximum Gasteiger partial charge on any atom is 0.356 e. The molecule has 1 aromatic carbocycles. The van der Waals surface area contributed by atoms with Crippen molar-refractivity contribution in [3.05, 3.63) is 47.5 Å². The second-order valence-electron chi connectivity index (χ2n) is 6.42. The summed E-state index contributed by atoms with van der Waals surface area (Å²) < 4.78 is 32.8. The van der Waals surface area contributed by atoms with Gasteiger partial charge in [0.1, 0.15) is 0 Å². The maximum absolute atomic E-state index is 14.0. The summed E-state index contributed by atoms with van der Waals surface area (Å²) in [5.74, 6) is 0.651. The molecule has 0 bridgehead atoms. The smallest absolute Gasteiger partial charge is 0.316 e. The zero-order chi connectivity index (χ0) is 16.0. The molecule has 1 saturated carbocycles.